The van der Waals surface area contributed by atoms with Crippen LogP contribution in [0.4, 0.5) is 23.7 Å². The number of anilines is 1. The molecule has 0 radical (unpaired) electrons. The second-order valence-electron chi connectivity index (χ2n) is 4.13. The van der Waals surface area contributed by atoms with Gasteiger partial charge in [0.05, 0.1) is 5.69 Å². The topological polar surface area (TPSA) is 78.4 Å². The molecule has 1 atom stereocenters. The zero-order valence-corrected chi connectivity index (χ0v) is 13.6. The number of halogens is 5. The molecule has 1 rings (SSSR count). The number of benzene rings is 1. The Labute approximate surface area is 134 Å². The fraction of sp³-hybridized carbons (Fsp3) is 0.273. The molecule has 1 aromatic carbocycles. The molecule has 0 saturated carbocycles. The number of hydrogen-bond acceptors (Lipinski definition) is 2. The van der Waals surface area contributed by atoms with Gasteiger partial charge in [-0.2, -0.15) is 13.2 Å². The largest absolute Gasteiger partial charge is 0.479 e. The van der Waals surface area contributed by atoms with Gasteiger partial charge < -0.3 is 15.7 Å². The van der Waals surface area contributed by atoms with E-state index in [0.29, 0.717) is 15.9 Å². The molecule has 0 aliphatic heterocycles. The maximum Gasteiger partial charge on any atom is 0.422 e. The Morgan fingerprint density at radius 1 is 1.24 bits per heavy atom. The molecule has 0 saturated heterocycles. The summed E-state index contributed by atoms with van der Waals surface area (Å²) in [6.45, 7) is 0.366. The van der Waals surface area contributed by atoms with E-state index in [0.717, 1.165) is 0 Å². The summed E-state index contributed by atoms with van der Waals surface area (Å²) >= 11 is 6.24. The van der Waals surface area contributed by atoms with Crippen LogP contribution in [0.15, 0.2) is 27.1 Å². The summed E-state index contributed by atoms with van der Waals surface area (Å²) in [6.07, 6.45) is -5.15. The molecule has 0 fully saturated rings. The fourth-order valence-electron chi connectivity index (χ4n) is 1.22. The summed E-state index contributed by atoms with van der Waals surface area (Å²) in [5.74, 6) is -2.21. The van der Waals surface area contributed by atoms with Gasteiger partial charge in [-0.05, 0) is 41.1 Å². The lowest BCUT2D eigenvalue weighted by atomic mass is 10.0. The van der Waals surface area contributed by atoms with E-state index in [1.54, 1.807) is 12.1 Å². The standard InChI is InChI=1S/C11H9Br2F3N2O3/c1-10(8(19)20,11(14,15)16)18-9(21)17-7-4-5(12)2-3-6(7)13/h2-4H,1H3,(H,19,20)(H2,17,18,21). The Hall–Kier alpha value is -1.29. The Morgan fingerprint density at radius 2 is 1.81 bits per heavy atom. The van der Waals surface area contributed by atoms with E-state index in [-0.39, 0.29) is 5.69 Å². The van der Waals surface area contributed by atoms with Crippen LogP contribution in [-0.2, 0) is 4.79 Å². The van der Waals surface area contributed by atoms with Gasteiger partial charge in [0, 0.05) is 8.95 Å². The minimum atomic E-state index is -5.15. The first-order valence-corrected chi connectivity index (χ1v) is 6.90. The lowest BCUT2D eigenvalue weighted by molar-refractivity contribution is -0.203. The van der Waals surface area contributed by atoms with Gasteiger partial charge in [0.2, 0.25) is 5.54 Å². The number of carbonyl (C=O) groups is 2. The van der Waals surface area contributed by atoms with Crippen molar-refractivity contribution in [1.82, 2.24) is 5.32 Å². The van der Waals surface area contributed by atoms with Gasteiger partial charge in [-0.15, -0.1) is 0 Å². The molecule has 21 heavy (non-hydrogen) atoms. The SMILES string of the molecule is CC(NC(=O)Nc1cc(Br)ccc1Br)(C(=O)O)C(F)(F)F. The smallest absolute Gasteiger partial charge is 0.422 e. The normalized spacial score (nSPS) is 14.2. The van der Waals surface area contributed by atoms with E-state index in [4.69, 9.17) is 5.11 Å². The van der Waals surface area contributed by atoms with Crippen molar-refractivity contribution < 1.29 is 27.9 Å². The first kappa shape index (κ1) is 17.8. The zero-order chi connectivity index (χ0) is 16.4. The van der Waals surface area contributed by atoms with E-state index in [1.807, 2.05) is 0 Å². The molecule has 0 spiro atoms. The molecular formula is C11H9Br2F3N2O3. The van der Waals surface area contributed by atoms with Crippen LogP contribution in [0.25, 0.3) is 0 Å². The van der Waals surface area contributed by atoms with E-state index in [1.165, 1.54) is 11.4 Å². The van der Waals surface area contributed by atoms with Crippen molar-refractivity contribution in [3.05, 3.63) is 27.1 Å². The molecule has 1 aromatic rings. The van der Waals surface area contributed by atoms with Crippen molar-refractivity contribution >= 4 is 49.5 Å². The number of rotatable bonds is 3. The van der Waals surface area contributed by atoms with Crippen molar-refractivity contribution in [2.75, 3.05) is 5.32 Å². The molecule has 10 heteroatoms. The number of carbonyl (C=O) groups excluding carboxylic acids is 1. The highest BCUT2D eigenvalue weighted by Crippen LogP contribution is 2.31. The molecule has 0 bridgehead atoms. The second-order valence-corrected chi connectivity index (χ2v) is 5.90. The van der Waals surface area contributed by atoms with Crippen LogP contribution < -0.4 is 10.6 Å². The quantitative estimate of drug-likeness (QED) is 0.679. The Morgan fingerprint density at radius 3 is 2.29 bits per heavy atom. The highest BCUT2D eigenvalue weighted by atomic mass is 79.9. The number of carboxylic acids is 1. The Balaban J connectivity index is 2.95. The highest BCUT2D eigenvalue weighted by molar-refractivity contribution is 9.11. The fourth-order valence-corrected chi connectivity index (χ4v) is 1.93. The predicted octanol–water partition coefficient (Wildman–Crippen LogP) is 3.74. The van der Waals surface area contributed by atoms with Gasteiger partial charge in [0.25, 0.3) is 0 Å². The Bertz CT molecular complexity index is 580. The van der Waals surface area contributed by atoms with Crippen LogP contribution in [0.2, 0.25) is 0 Å². The van der Waals surface area contributed by atoms with Crippen LogP contribution in [0.5, 0.6) is 0 Å². The van der Waals surface area contributed by atoms with Gasteiger partial charge in [-0.25, -0.2) is 9.59 Å². The minimum Gasteiger partial charge on any atom is -0.479 e. The molecule has 116 valence electrons. The minimum absolute atomic E-state index is 0.178. The van der Waals surface area contributed by atoms with Crippen molar-refractivity contribution in [2.24, 2.45) is 0 Å². The van der Waals surface area contributed by atoms with Crippen LogP contribution in [0.1, 0.15) is 6.92 Å². The number of urea groups is 1. The molecule has 2 amide bonds. The van der Waals surface area contributed by atoms with E-state index in [9.17, 15) is 22.8 Å². The van der Waals surface area contributed by atoms with Crippen LogP contribution in [0, 0.1) is 0 Å². The summed E-state index contributed by atoms with van der Waals surface area (Å²) in [5.41, 5.74) is -3.22. The van der Waals surface area contributed by atoms with Crippen LogP contribution in [-0.4, -0.2) is 28.8 Å². The van der Waals surface area contributed by atoms with E-state index >= 15 is 0 Å². The van der Waals surface area contributed by atoms with E-state index in [2.05, 4.69) is 37.2 Å². The predicted molar refractivity (Wildman–Crippen MR) is 76.1 cm³/mol. The summed E-state index contributed by atoms with van der Waals surface area (Å²) < 4.78 is 39.3. The average Bonchev–Trinajstić information content (AvgIpc) is 2.32. The van der Waals surface area contributed by atoms with Gasteiger partial charge in [0.15, 0.2) is 0 Å². The molecule has 0 heterocycles. The lowest BCUT2D eigenvalue weighted by Gasteiger charge is -2.28. The number of hydrogen-bond donors (Lipinski definition) is 3. The molecular weight excluding hydrogens is 425 g/mol. The molecule has 1 unspecified atom stereocenters. The molecule has 3 N–H and O–H groups in total. The Kier molecular flexibility index (Phi) is 5.26. The molecule has 5 nitrogen and oxygen atoms in total. The third-order valence-electron chi connectivity index (χ3n) is 2.53. The van der Waals surface area contributed by atoms with Gasteiger partial charge in [0.1, 0.15) is 0 Å². The second kappa shape index (κ2) is 6.22. The van der Waals surface area contributed by atoms with Crippen LogP contribution >= 0.6 is 31.9 Å². The van der Waals surface area contributed by atoms with Gasteiger partial charge >= 0.3 is 18.2 Å². The summed E-state index contributed by atoms with van der Waals surface area (Å²) in [4.78, 5) is 22.4. The van der Waals surface area contributed by atoms with Crippen LogP contribution in [0.3, 0.4) is 0 Å². The van der Waals surface area contributed by atoms with Gasteiger partial charge in [-0.1, -0.05) is 15.9 Å². The first-order valence-electron chi connectivity index (χ1n) is 5.31. The van der Waals surface area contributed by atoms with Gasteiger partial charge in [-0.3, -0.25) is 0 Å². The summed E-state index contributed by atoms with van der Waals surface area (Å²) in [6, 6.07) is 3.34. The third kappa shape index (κ3) is 4.10. The van der Waals surface area contributed by atoms with Crippen molar-refractivity contribution in [2.45, 2.75) is 18.6 Å². The number of nitrogens with one attached hydrogen (secondary N) is 2. The first-order chi connectivity index (χ1) is 9.47. The molecule has 0 aliphatic rings. The maximum absolute atomic E-state index is 12.8. The summed E-state index contributed by atoms with van der Waals surface area (Å²) in [5, 5.41) is 12.3. The molecule has 0 aliphatic carbocycles. The zero-order valence-electron chi connectivity index (χ0n) is 10.4. The molecule has 0 aromatic heterocycles. The monoisotopic (exact) mass is 432 g/mol. The summed E-state index contributed by atoms with van der Waals surface area (Å²) in [7, 11) is 0. The third-order valence-corrected chi connectivity index (χ3v) is 3.72. The van der Waals surface area contributed by atoms with Crippen molar-refractivity contribution in [1.29, 1.82) is 0 Å². The number of amides is 2. The van der Waals surface area contributed by atoms with E-state index < -0.39 is 23.7 Å². The maximum atomic E-state index is 12.8. The average molecular weight is 434 g/mol. The number of alkyl halides is 3. The van der Waals surface area contributed by atoms with Crippen molar-refractivity contribution in [3.8, 4) is 0 Å². The van der Waals surface area contributed by atoms with Crippen molar-refractivity contribution in [3.63, 3.8) is 0 Å². The lowest BCUT2D eigenvalue weighted by Crippen LogP contribution is -2.62. The highest BCUT2D eigenvalue weighted by Gasteiger charge is 2.58. The number of aliphatic carboxylic acids is 1. The number of carboxylic acid groups (broad SMARTS) is 1.